The second kappa shape index (κ2) is 5.21. The highest BCUT2D eigenvalue weighted by molar-refractivity contribution is 5.86. The Labute approximate surface area is 113 Å². The van der Waals surface area contributed by atoms with E-state index in [-0.39, 0.29) is 17.9 Å². The monoisotopic (exact) mass is 260 g/mol. The van der Waals surface area contributed by atoms with Gasteiger partial charge in [-0.3, -0.25) is 4.79 Å². The fourth-order valence-electron chi connectivity index (χ4n) is 2.94. The molecule has 4 nitrogen and oxygen atoms in total. The smallest absolute Gasteiger partial charge is 0.227 e. The van der Waals surface area contributed by atoms with Gasteiger partial charge in [0.15, 0.2) is 0 Å². The van der Waals surface area contributed by atoms with Crippen molar-refractivity contribution < 1.29 is 9.53 Å². The van der Waals surface area contributed by atoms with Crippen LogP contribution in [-0.4, -0.2) is 31.2 Å². The van der Waals surface area contributed by atoms with Gasteiger partial charge in [0.05, 0.1) is 18.6 Å². The third-order valence-electron chi connectivity index (χ3n) is 3.92. The molecule has 19 heavy (non-hydrogen) atoms. The van der Waals surface area contributed by atoms with Crippen LogP contribution in [0.25, 0.3) is 0 Å². The van der Waals surface area contributed by atoms with Gasteiger partial charge in [-0.1, -0.05) is 18.2 Å². The normalized spacial score (nSPS) is 29.4. The molecule has 3 unspecified atom stereocenters. The van der Waals surface area contributed by atoms with E-state index >= 15 is 0 Å². The zero-order chi connectivity index (χ0) is 13.2. The predicted molar refractivity (Wildman–Crippen MR) is 74.3 cm³/mol. The van der Waals surface area contributed by atoms with Crippen LogP contribution in [0.3, 0.4) is 0 Å². The molecule has 2 N–H and O–H groups in total. The lowest BCUT2D eigenvalue weighted by Gasteiger charge is -2.31. The molecule has 2 aliphatic heterocycles. The Morgan fingerprint density at radius 2 is 2.26 bits per heavy atom. The molecular formula is C15H20N2O2. The number of nitrogens with one attached hydrogen (secondary N) is 2. The highest BCUT2D eigenvalue weighted by Crippen LogP contribution is 2.34. The molecule has 102 valence electrons. The number of carbonyl (C=O) groups is 1. The van der Waals surface area contributed by atoms with Crippen LogP contribution in [0.15, 0.2) is 24.3 Å². The summed E-state index contributed by atoms with van der Waals surface area (Å²) < 4.78 is 5.31. The molecule has 1 amide bonds. The van der Waals surface area contributed by atoms with Gasteiger partial charge in [-0.25, -0.2) is 0 Å². The number of rotatable bonds is 2. The number of carbonyl (C=O) groups excluding carboxylic acids is 1. The van der Waals surface area contributed by atoms with Crippen molar-refractivity contribution in [1.29, 1.82) is 0 Å². The van der Waals surface area contributed by atoms with Gasteiger partial charge in [-0.15, -0.1) is 0 Å². The van der Waals surface area contributed by atoms with E-state index in [9.17, 15) is 4.79 Å². The van der Waals surface area contributed by atoms with Gasteiger partial charge in [0.1, 0.15) is 0 Å². The molecule has 1 fully saturated rings. The lowest BCUT2D eigenvalue weighted by molar-refractivity contribution is -0.123. The van der Waals surface area contributed by atoms with Gasteiger partial charge < -0.3 is 15.4 Å². The molecule has 3 rings (SSSR count). The Balaban J connectivity index is 1.78. The Kier molecular flexibility index (Phi) is 3.42. The van der Waals surface area contributed by atoms with Gasteiger partial charge in [-0.05, 0) is 31.4 Å². The second-order valence-corrected chi connectivity index (χ2v) is 5.49. The van der Waals surface area contributed by atoms with Crippen molar-refractivity contribution in [2.24, 2.45) is 0 Å². The van der Waals surface area contributed by atoms with Crippen LogP contribution in [0.5, 0.6) is 0 Å². The van der Waals surface area contributed by atoms with Crippen molar-refractivity contribution in [1.82, 2.24) is 5.32 Å². The molecule has 3 atom stereocenters. The van der Waals surface area contributed by atoms with E-state index in [1.165, 1.54) is 0 Å². The average molecular weight is 260 g/mol. The number of amides is 1. The van der Waals surface area contributed by atoms with Crippen molar-refractivity contribution in [3.8, 4) is 0 Å². The van der Waals surface area contributed by atoms with Crippen molar-refractivity contribution >= 4 is 11.6 Å². The minimum atomic E-state index is -0.0481. The van der Waals surface area contributed by atoms with Crippen LogP contribution in [0.1, 0.15) is 31.2 Å². The molecule has 0 saturated carbocycles. The maximum atomic E-state index is 12.5. The van der Waals surface area contributed by atoms with Gasteiger partial charge >= 0.3 is 0 Å². The van der Waals surface area contributed by atoms with E-state index in [1.54, 1.807) is 0 Å². The minimum absolute atomic E-state index is 0.0481. The number of hydrogen-bond acceptors (Lipinski definition) is 3. The van der Waals surface area contributed by atoms with E-state index in [0.717, 1.165) is 30.7 Å². The van der Waals surface area contributed by atoms with Gasteiger partial charge in [0.25, 0.3) is 0 Å². The van der Waals surface area contributed by atoms with E-state index in [2.05, 4.69) is 17.6 Å². The van der Waals surface area contributed by atoms with E-state index in [0.29, 0.717) is 12.6 Å². The summed E-state index contributed by atoms with van der Waals surface area (Å²) in [6.07, 6.45) is 1.77. The van der Waals surface area contributed by atoms with Gasteiger partial charge in [0.2, 0.25) is 5.91 Å². The Bertz CT molecular complexity index is 469. The van der Waals surface area contributed by atoms with Crippen LogP contribution >= 0.6 is 0 Å². The first-order chi connectivity index (χ1) is 9.24. The Morgan fingerprint density at radius 3 is 3.05 bits per heavy atom. The third kappa shape index (κ3) is 2.59. The fourth-order valence-corrected chi connectivity index (χ4v) is 2.94. The quantitative estimate of drug-likeness (QED) is 0.853. The molecule has 4 heteroatoms. The summed E-state index contributed by atoms with van der Waals surface area (Å²) in [5.41, 5.74) is 2.20. The second-order valence-electron chi connectivity index (χ2n) is 5.49. The topological polar surface area (TPSA) is 50.4 Å². The molecule has 0 aromatic heterocycles. The number of hydrogen-bond donors (Lipinski definition) is 2. The highest BCUT2D eigenvalue weighted by Gasteiger charge is 2.31. The van der Waals surface area contributed by atoms with Crippen molar-refractivity contribution in [3.05, 3.63) is 29.8 Å². The molecule has 1 aromatic rings. The Hall–Kier alpha value is -1.55. The number of ether oxygens (including phenoxy) is 1. The van der Waals surface area contributed by atoms with Crippen LogP contribution in [0.2, 0.25) is 0 Å². The molecular weight excluding hydrogens is 240 g/mol. The molecule has 2 heterocycles. The summed E-state index contributed by atoms with van der Waals surface area (Å²) in [5, 5.41) is 6.55. The van der Waals surface area contributed by atoms with Crippen molar-refractivity contribution in [2.45, 2.75) is 37.8 Å². The average Bonchev–Trinajstić information content (AvgIpc) is 2.90. The summed E-state index contributed by atoms with van der Waals surface area (Å²) in [6.45, 7) is 3.52. The molecule has 0 spiro atoms. The largest absolute Gasteiger partial charge is 0.382 e. The first kappa shape index (κ1) is 12.5. The lowest BCUT2D eigenvalue weighted by atomic mass is 9.86. The maximum Gasteiger partial charge on any atom is 0.227 e. The summed E-state index contributed by atoms with van der Waals surface area (Å²) >= 11 is 0. The number of anilines is 1. The van der Waals surface area contributed by atoms with Crippen molar-refractivity contribution in [2.75, 3.05) is 18.5 Å². The summed E-state index contributed by atoms with van der Waals surface area (Å²) in [5.74, 6) is 0.0874. The first-order valence-corrected chi connectivity index (χ1v) is 6.97. The van der Waals surface area contributed by atoms with Crippen LogP contribution in [0, 0.1) is 0 Å². The summed E-state index contributed by atoms with van der Waals surface area (Å²) in [6, 6.07) is 8.60. The highest BCUT2D eigenvalue weighted by atomic mass is 16.5. The summed E-state index contributed by atoms with van der Waals surface area (Å²) in [7, 11) is 0. The predicted octanol–water partition coefficient (Wildman–Crippen LogP) is 1.88. The SMILES string of the molecule is CC1CC(C(=O)NC2CCOC2)c2ccccc2N1. The standard InChI is InChI=1S/C15H20N2O2/c1-10-8-13(12-4-2-3-5-14(12)16-10)15(18)17-11-6-7-19-9-11/h2-5,10-11,13,16H,6-9H2,1H3,(H,17,18). The molecule has 0 aliphatic carbocycles. The van der Waals surface area contributed by atoms with Crippen molar-refractivity contribution in [3.63, 3.8) is 0 Å². The van der Waals surface area contributed by atoms with E-state index in [1.807, 2.05) is 24.3 Å². The van der Waals surface area contributed by atoms with E-state index in [4.69, 9.17) is 4.74 Å². The lowest BCUT2D eigenvalue weighted by Crippen LogP contribution is -2.41. The Morgan fingerprint density at radius 1 is 1.42 bits per heavy atom. The number of benzene rings is 1. The third-order valence-corrected chi connectivity index (χ3v) is 3.92. The summed E-state index contributed by atoms with van der Waals surface area (Å²) in [4.78, 5) is 12.5. The van der Waals surface area contributed by atoms with Gasteiger partial charge in [0, 0.05) is 18.3 Å². The first-order valence-electron chi connectivity index (χ1n) is 6.97. The van der Waals surface area contributed by atoms with Crippen LogP contribution < -0.4 is 10.6 Å². The molecule has 1 saturated heterocycles. The fraction of sp³-hybridized carbons (Fsp3) is 0.533. The maximum absolute atomic E-state index is 12.5. The minimum Gasteiger partial charge on any atom is -0.382 e. The van der Waals surface area contributed by atoms with Crippen LogP contribution in [-0.2, 0) is 9.53 Å². The molecule has 0 bridgehead atoms. The number of fused-ring (bicyclic) bond motifs is 1. The van der Waals surface area contributed by atoms with E-state index < -0.39 is 0 Å². The molecule has 0 radical (unpaired) electrons. The molecule has 1 aromatic carbocycles. The van der Waals surface area contributed by atoms with Crippen LogP contribution in [0.4, 0.5) is 5.69 Å². The molecule has 2 aliphatic rings. The zero-order valence-electron chi connectivity index (χ0n) is 11.2. The zero-order valence-corrected chi connectivity index (χ0v) is 11.2. The number of para-hydroxylation sites is 1. The van der Waals surface area contributed by atoms with Gasteiger partial charge in [-0.2, -0.15) is 0 Å².